The Morgan fingerprint density at radius 2 is 1.86 bits per heavy atom. The molecule has 0 aromatic heterocycles. The predicted octanol–water partition coefficient (Wildman–Crippen LogP) is 4.02. The lowest BCUT2D eigenvalue weighted by Gasteiger charge is -2.17. The lowest BCUT2D eigenvalue weighted by atomic mass is 10.1. The highest BCUT2D eigenvalue weighted by Gasteiger charge is 2.12. The molecule has 0 fully saturated rings. The van der Waals surface area contributed by atoms with Crippen LogP contribution in [0.15, 0.2) is 53.0 Å². The summed E-state index contributed by atoms with van der Waals surface area (Å²) in [4.78, 5) is 12.0. The topological polar surface area (TPSA) is 50.4 Å². The van der Waals surface area contributed by atoms with Crippen LogP contribution in [-0.4, -0.2) is 13.1 Å². The molecule has 2 aromatic rings. The van der Waals surface area contributed by atoms with Crippen molar-refractivity contribution in [1.82, 2.24) is 10.6 Å². The van der Waals surface area contributed by atoms with Crippen molar-refractivity contribution in [2.24, 2.45) is 0 Å². The number of amides is 2. The van der Waals surface area contributed by atoms with Gasteiger partial charge < -0.3 is 15.4 Å². The maximum absolute atomic E-state index is 12.0. The third-order valence-corrected chi connectivity index (χ3v) is 4.07. The van der Waals surface area contributed by atoms with E-state index in [1.165, 1.54) is 0 Å². The van der Waals surface area contributed by atoms with Gasteiger partial charge >= 0.3 is 6.03 Å². The largest absolute Gasteiger partial charge is 0.496 e. The first-order valence-electron chi connectivity index (χ1n) is 7.02. The second kappa shape index (κ2) is 7.84. The zero-order chi connectivity index (χ0) is 15.9. The van der Waals surface area contributed by atoms with Crippen LogP contribution in [0.4, 0.5) is 4.79 Å². The van der Waals surface area contributed by atoms with Crippen LogP contribution >= 0.6 is 15.9 Å². The van der Waals surface area contributed by atoms with Crippen molar-refractivity contribution in [1.29, 1.82) is 0 Å². The van der Waals surface area contributed by atoms with Gasteiger partial charge in [-0.05, 0) is 24.6 Å². The molecule has 116 valence electrons. The molecular weight excluding hydrogens is 344 g/mol. The predicted molar refractivity (Wildman–Crippen MR) is 90.9 cm³/mol. The number of carbonyl (C=O) groups excluding carboxylic acids is 1. The van der Waals surface area contributed by atoms with E-state index < -0.39 is 0 Å². The molecule has 2 amide bonds. The van der Waals surface area contributed by atoms with Crippen LogP contribution in [0, 0.1) is 0 Å². The number of methoxy groups -OCH3 is 1. The monoisotopic (exact) mass is 362 g/mol. The second-order valence-corrected chi connectivity index (χ2v) is 5.74. The zero-order valence-corrected chi connectivity index (χ0v) is 14.2. The number of rotatable bonds is 5. The van der Waals surface area contributed by atoms with Crippen LogP contribution in [0.5, 0.6) is 5.75 Å². The minimum absolute atomic E-state index is 0.0896. The fourth-order valence-electron chi connectivity index (χ4n) is 2.18. The number of hydrogen-bond donors (Lipinski definition) is 2. The molecule has 1 atom stereocenters. The van der Waals surface area contributed by atoms with Gasteiger partial charge in [0.1, 0.15) is 5.75 Å². The third-order valence-electron chi connectivity index (χ3n) is 3.35. The molecule has 0 spiro atoms. The molecule has 5 heteroatoms. The Balaban J connectivity index is 1.92. The highest BCUT2D eigenvalue weighted by atomic mass is 79.9. The van der Waals surface area contributed by atoms with Gasteiger partial charge in [0, 0.05) is 16.6 Å². The molecule has 0 unspecified atom stereocenters. The number of benzene rings is 2. The van der Waals surface area contributed by atoms with E-state index in [-0.39, 0.29) is 12.1 Å². The van der Waals surface area contributed by atoms with Gasteiger partial charge in [-0.1, -0.05) is 52.3 Å². The van der Waals surface area contributed by atoms with Crippen molar-refractivity contribution in [3.8, 4) is 5.75 Å². The molecule has 0 radical (unpaired) electrons. The summed E-state index contributed by atoms with van der Waals surface area (Å²) in [7, 11) is 1.62. The van der Waals surface area contributed by atoms with Crippen molar-refractivity contribution in [3.63, 3.8) is 0 Å². The van der Waals surface area contributed by atoms with Gasteiger partial charge in [-0.15, -0.1) is 0 Å². The Morgan fingerprint density at radius 1 is 1.18 bits per heavy atom. The average Bonchev–Trinajstić information content (AvgIpc) is 2.53. The Kier molecular flexibility index (Phi) is 5.83. The quantitative estimate of drug-likeness (QED) is 0.843. The van der Waals surface area contributed by atoms with Gasteiger partial charge in [-0.25, -0.2) is 4.79 Å². The van der Waals surface area contributed by atoms with E-state index in [9.17, 15) is 4.79 Å². The maximum atomic E-state index is 12.0. The van der Waals surface area contributed by atoms with Crippen molar-refractivity contribution >= 4 is 22.0 Å². The molecular formula is C17H19BrN2O2. The lowest BCUT2D eigenvalue weighted by molar-refractivity contribution is 0.237. The number of urea groups is 1. The van der Waals surface area contributed by atoms with Crippen molar-refractivity contribution in [2.75, 3.05) is 7.11 Å². The van der Waals surface area contributed by atoms with Crippen LogP contribution in [0.3, 0.4) is 0 Å². The smallest absolute Gasteiger partial charge is 0.315 e. The van der Waals surface area contributed by atoms with Gasteiger partial charge in [0.05, 0.1) is 13.2 Å². The molecule has 0 saturated carbocycles. The lowest BCUT2D eigenvalue weighted by Crippen LogP contribution is -2.36. The first-order valence-corrected chi connectivity index (χ1v) is 7.81. The number of carbonyl (C=O) groups is 1. The van der Waals surface area contributed by atoms with E-state index in [1.807, 2.05) is 55.5 Å². The standard InChI is InChI=1S/C17H19BrN2O2/c1-12(14-8-4-5-9-15(14)18)20-17(21)19-11-13-7-3-6-10-16(13)22-2/h3-10,12H,11H2,1-2H3,(H2,19,20,21)/t12-/m0/s1. The summed E-state index contributed by atoms with van der Waals surface area (Å²) < 4.78 is 6.25. The Labute approximate surface area is 139 Å². The maximum Gasteiger partial charge on any atom is 0.315 e. The van der Waals surface area contributed by atoms with Crippen LogP contribution in [0.25, 0.3) is 0 Å². The number of ether oxygens (including phenoxy) is 1. The van der Waals surface area contributed by atoms with Gasteiger partial charge in [-0.3, -0.25) is 0 Å². The highest BCUT2D eigenvalue weighted by Crippen LogP contribution is 2.22. The SMILES string of the molecule is COc1ccccc1CNC(=O)N[C@@H](C)c1ccccc1Br. The van der Waals surface area contributed by atoms with E-state index >= 15 is 0 Å². The van der Waals surface area contributed by atoms with E-state index in [0.717, 1.165) is 21.3 Å². The van der Waals surface area contributed by atoms with E-state index in [4.69, 9.17) is 4.74 Å². The molecule has 2 N–H and O–H groups in total. The van der Waals surface area contributed by atoms with Gasteiger partial charge in [0.15, 0.2) is 0 Å². The van der Waals surface area contributed by atoms with Crippen LogP contribution in [-0.2, 0) is 6.54 Å². The average molecular weight is 363 g/mol. The van der Waals surface area contributed by atoms with Gasteiger partial charge in [0.2, 0.25) is 0 Å². The molecule has 2 aromatic carbocycles. The minimum Gasteiger partial charge on any atom is -0.496 e. The summed E-state index contributed by atoms with van der Waals surface area (Å²) in [6.45, 7) is 2.36. The highest BCUT2D eigenvalue weighted by molar-refractivity contribution is 9.10. The second-order valence-electron chi connectivity index (χ2n) is 4.88. The summed E-state index contributed by atoms with van der Waals surface area (Å²) in [6.07, 6.45) is 0. The number of nitrogens with one attached hydrogen (secondary N) is 2. The molecule has 0 saturated heterocycles. The third kappa shape index (κ3) is 4.24. The van der Waals surface area contributed by atoms with Gasteiger partial charge in [-0.2, -0.15) is 0 Å². The fourth-order valence-corrected chi connectivity index (χ4v) is 2.80. The first kappa shape index (κ1) is 16.4. The van der Waals surface area contributed by atoms with Crippen LogP contribution < -0.4 is 15.4 Å². The van der Waals surface area contributed by atoms with E-state index in [2.05, 4.69) is 26.6 Å². The Bertz CT molecular complexity index is 646. The summed E-state index contributed by atoms with van der Waals surface area (Å²) in [5.41, 5.74) is 1.98. The van der Waals surface area contributed by atoms with E-state index in [1.54, 1.807) is 7.11 Å². The number of para-hydroxylation sites is 1. The normalized spacial score (nSPS) is 11.6. The van der Waals surface area contributed by atoms with Gasteiger partial charge in [0.25, 0.3) is 0 Å². The zero-order valence-electron chi connectivity index (χ0n) is 12.6. The molecule has 0 aliphatic rings. The van der Waals surface area contributed by atoms with Crippen LogP contribution in [0.1, 0.15) is 24.1 Å². The molecule has 4 nitrogen and oxygen atoms in total. The molecule has 0 bridgehead atoms. The summed E-state index contributed by atoms with van der Waals surface area (Å²) in [5, 5.41) is 5.77. The van der Waals surface area contributed by atoms with Crippen molar-refractivity contribution < 1.29 is 9.53 Å². The summed E-state index contributed by atoms with van der Waals surface area (Å²) >= 11 is 3.49. The Hall–Kier alpha value is -2.01. The minimum atomic E-state index is -0.214. The van der Waals surface area contributed by atoms with Crippen molar-refractivity contribution in [3.05, 3.63) is 64.1 Å². The Morgan fingerprint density at radius 3 is 2.59 bits per heavy atom. The molecule has 22 heavy (non-hydrogen) atoms. The molecule has 0 heterocycles. The molecule has 0 aliphatic heterocycles. The molecule has 0 aliphatic carbocycles. The number of halogens is 1. The van der Waals surface area contributed by atoms with Crippen molar-refractivity contribution in [2.45, 2.75) is 19.5 Å². The first-order chi connectivity index (χ1) is 10.6. The fraction of sp³-hybridized carbons (Fsp3) is 0.235. The molecule has 2 rings (SSSR count). The van der Waals surface area contributed by atoms with Crippen LogP contribution in [0.2, 0.25) is 0 Å². The van der Waals surface area contributed by atoms with E-state index in [0.29, 0.717) is 6.54 Å². The number of hydrogen-bond acceptors (Lipinski definition) is 2. The summed E-state index contributed by atoms with van der Waals surface area (Å²) in [6, 6.07) is 15.2. The summed E-state index contributed by atoms with van der Waals surface area (Å²) in [5.74, 6) is 0.765.